The van der Waals surface area contributed by atoms with Crippen molar-refractivity contribution in [3.63, 3.8) is 0 Å². The molecule has 0 aliphatic heterocycles. The van der Waals surface area contributed by atoms with Crippen LogP contribution in [0.15, 0.2) is 18.2 Å². The van der Waals surface area contributed by atoms with Crippen molar-refractivity contribution < 1.29 is 5.11 Å². The average Bonchev–Trinajstić information content (AvgIpc) is 2.35. The van der Waals surface area contributed by atoms with E-state index in [1.165, 1.54) is 16.7 Å². The molecule has 0 amide bonds. The Kier molecular flexibility index (Phi) is 6.53. The van der Waals surface area contributed by atoms with Gasteiger partial charge in [-0.3, -0.25) is 0 Å². The zero-order valence-corrected chi connectivity index (χ0v) is 13.0. The van der Waals surface area contributed by atoms with Gasteiger partial charge in [0.15, 0.2) is 0 Å². The fourth-order valence-corrected chi connectivity index (χ4v) is 2.22. The van der Waals surface area contributed by atoms with Crippen molar-refractivity contribution in [1.82, 2.24) is 5.32 Å². The maximum Gasteiger partial charge on any atom is 0.0587 e. The van der Waals surface area contributed by atoms with Crippen molar-refractivity contribution in [2.75, 3.05) is 13.2 Å². The van der Waals surface area contributed by atoms with Crippen LogP contribution in [0, 0.1) is 12.8 Å². The molecule has 0 heterocycles. The number of benzene rings is 1. The Morgan fingerprint density at radius 3 is 2.37 bits per heavy atom. The second kappa shape index (κ2) is 7.66. The largest absolute Gasteiger partial charge is 0.395 e. The predicted molar refractivity (Wildman–Crippen MR) is 82.7 cm³/mol. The summed E-state index contributed by atoms with van der Waals surface area (Å²) in [4.78, 5) is 0. The summed E-state index contributed by atoms with van der Waals surface area (Å²) in [5, 5.41) is 12.7. The van der Waals surface area contributed by atoms with Crippen LogP contribution in [0.3, 0.4) is 0 Å². The van der Waals surface area contributed by atoms with Crippen LogP contribution in [0.25, 0.3) is 0 Å². The summed E-state index contributed by atoms with van der Waals surface area (Å²) < 4.78 is 0. The highest BCUT2D eigenvalue weighted by Crippen LogP contribution is 2.18. The summed E-state index contributed by atoms with van der Waals surface area (Å²) in [6.07, 6.45) is 1.02. The lowest BCUT2D eigenvalue weighted by molar-refractivity contribution is 0.212. The standard InChI is InChI=1S/C17H29NO/c1-12(2)15-7-6-14(5)16(10-15)8-9-18-17(11-19)13(3)4/h6-7,10,12-13,17-19H,8-9,11H2,1-5H3. The van der Waals surface area contributed by atoms with E-state index in [1.807, 2.05) is 0 Å². The SMILES string of the molecule is Cc1ccc(C(C)C)cc1CCNC(CO)C(C)C. The molecule has 0 saturated carbocycles. The normalized spacial score (nSPS) is 13.3. The molecule has 0 saturated heterocycles. The van der Waals surface area contributed by atoms with Gasteiger partial charge in [0, 0.05) is 6.04 Å². The molecule has 0 aliphatic rings. The van der Waals surface area contributed by atoms with Crippen molar-refractivity contribution in [3.05, 3.63) is 34.9 Å². The topological polar surface area (TPSA) is 32.3 Å². The number of nitrogens with one attached hydrogen (secondary N) is 1. The fourth-order valence-electron chi connectivity index (χ4n) is 2.22. The Hall–Kier alpha value is -0.860. The van der Waals surface area contributed by atoms with E-state index in [9.17, 15) is 5.11 Å². The predicted octanol–water partition coefficient (Wildman–Crippen LogP) is 3.27. The van der Waals surface area contributed by atoms with E-state index >= 15 is 0 Å². The van der Waals surface area contributed by atoms with Crippen molar-refractivity contribution in [1.29, 1.82) is 0 Å². The number of aryl methyl sites for hydroxylation is 1. The van der Waals surface area contributed by atoms with Crippen molar-refractivity contribution in [3.8, 4) is 0 Å². The van der Waals surface area contributed by atoms with Gasteiger partial charge in [0.2, 0.25) is 0 Å². The van der Waals surface area contributed by atoms with Gasteiger partial charge < -0.3 is 10.4 Å². The Morgan fingerprint density at radius 2 is 1.84 bits per heavy atom. The summed E-state index contributed by atoms with van der Waals surface area (Å²) in [6.45, 7) is 12.0. The Balaban J connectivity index is 2.59. The van der Waals surface area contributed by atoms with Crippen LogP contribution in [0.2, 0.25) is 0 Å². The molecule has 1 atom stereocenters. The van der Waals surface area contributed by atoms with Crippen LogP contribution < -0.4 is 5.32 Å². The first-order valence-electron chi connectivity index (χ1n) is 7.39. The smallest absolute Gasteiger partial charge is 0.0587 e. The number of hydrogen-bond donors (Lipinski definition) is 2. The van der Waals surface area contributed by atoms with Gasteiger partial charge in [-0.2, -0.15) is 0 Å². The molecule has 19 heavy (non-hydrogen) atoms. The number of hydrogen-bond acceptors (Lipinski definition) is 2. The fraction of sp³-hybridized carbons (Fsp3) is 0.647. The monoisotopic (exact) mass is 263 g/mol. The van der Waals surface area contributed by atoms with Gasteiger partial charge in [-0.1, -0.05) is 45.9 Å². The molecule has 1 aromatic rings. The van der Waals surface area contributed by atoms with E-state index in [4.69, 9.17) is 0 Å². The summed E-state index contributed by atoms with van der Waals surface area (Å²) in [7, 11) is 0. The molecule has 0 bridgehead atoms. The Labute approximate surface area is 118 Å². The molecular formula is C17H29NO. The molecule has 0 fully saturated rings. The highest BCUT2D eigenvalue weighted by atomic mass is 16.3. The Morgan fingerprint density at radius 1 is 1.16 bits per heavy atom. The molecule has 2 nitrogen and oxygen atoms in total. The van der Waals surface area contributed by atoms with Crippen LogP contribution in [-0.4, -0.2) is 24.3 Å². The van der Waals surface area contributed by atoms with Crippen molar-refractivity contribution >= 4 is 0 Å². The maximum atomic E-state index is 9.30. The molecule has 2 heteroatoms. The average molecular weight is 263 g/mol. The number of aliphatic hydroxyl groups excluding tert-OH is 1. The van der Waals surface area contributed by atoms with Gasteiger partial charge >= 0.3 is 0 Å². The van der Waals surface area contributed by atoms with E-state index in [0.717, 1.165) is 13.0 Å². The minimum absolute atomic E-state index is 0.202. The highest BCUT2D eigenvalue weighted by molar-refractivity contribution is 5.32. The van der Waals surface area contributed by atoms with Gasteiger partial charge in [0.1, 0.15) is 0 Å². The minimum atomic E-state index is 0.202. The van der Waals surface area contributed by atoms with Gasteiger partial charge in [0.05, 0.1) is 6.61 Å². The lowest BCUT2D eigenvalue weighted by Gasteiger charge is -2.20. The van der Waals surface area contributed by atoms with E-state index in [1.54, 1.807) is 0 Å². The van der Waals surface area contributed by atoms with Crippen LogP contribution in [-0.2, 0) is 6.42 Å². The lowest BCUT2D eigenvalue weighted by Crippen LogP contribution is -2.38. The van der Waals surface area contributed by atoms with Crippen LogP contribution in [0.1, 0.15) is 50.3 Å². The molecular weight excluding hydrogens is 234 g/mol. The van der Waals surface area contributed by atoms with Crippen molar-refractivity contribution in [2.24, 2.45) is 5.92 Å². The number of aliphatic hydroxyl groups is 1. The maximum absolute atomic E-state index is 9.30. The molecule has 0 aromatic heterocycles. The van der Waals surface area contributed by atoms with Crippen LogP contribution in [0.5, 0.6) is 0 Å². The molecule has 0 radical (unpaired) electrons. The van der Waals surface area contributed by atoms with Crippen LogP contribution in [0.4, 0.5) is 0 Å². The first kappa shape index (κ1) is 16.2. The van der Waals surface area contributed by atoms with Crippen molar-refractivity contribution in [2.45, 2.75) is 53.0 Å². The summed E-state index contributed by atoms with van der Waals surface area (Å²) in [5.41, 5.74) is 4.18. The molecule has 0 aliphatic carbocycles. The van der Waals surface area contributed by atoms with Gasteiger partial charge in [-0.15, -0.1) is 0 Å². The summed E-state index contributed by atoms with van der Waals surface area (Å²) >= 11 is 0. The van der Waals surface area contributed by atoms with E-state index in [0.29, 0.717) is 11.8 Å². The molecule has 0 spiro atoms. The minimum Gasteiger partial charge on any atom is -0.395 e. The quantitative estimate of drug-likeness (QED) is 0.791. The van der Waals surface area contributed by atoms with E-state index in [-0.39, 0.29) is 12.6 Å². The molecule has 1 rings (SSSR count). The third-order valence-corrected chi connectivity index (χ3v) is 3.84. The first-order valence-corrected chi connectivity index (χ1v) is 7.39. The van der Waals surface area contributed by atoms with Crippen LogP contribution >= 0.6 is 0 Å². The van der Waals surface area contributed by atoms with E-state index < -0.39 is 0 Å². The number of rotatable bonds is 7. The third kappa shape index (κ3) is 4.96. The first-order chi connectivity index (χ1) is 8.95. The van der Waals surface area contributed by atoms with E-state index in [2.05, 4.69) is 58.1 Å². The van der Waals surface area contributed by atoms with Gasteiger partial charge in [-0.25, -0.2) is 0 Å². The molecule has 108 valence electrons. The molecule has 1 aromatic carbocycles. The molecule has 1 unspecified atom stereocenters. The summed E-state index contributed by atoms with van der Waals surface area (Å²) in [6, 6.07) is 6.97. The van der Waals surface area contributed by atoms with Gasteiger partial charge in [-0.05, 0) is 48.4 Å². The lowest BCUT2D eigenvalue weighted by atomic mass is 9.96. The second-order valence-electron chi connectivity index (χ2n) is 6.08. The second-order valence-corrected chi connectivity index (χ2v) is 6.08. The summed E-state index contributed by atoms with van der Waals surface area (Å²) in [5.74, 6) is 1.04. The third-order valence-electron chi connectivity index (χ3n) is 3.84. The van der Waals surface area contributed by atoms with Gasteiger partial charge in [0.25, 0.3) is 0 Å². The highest BCUT2D eigenvalue weighted by Gasteiger charge is 2.11. The zero-order chi connectivity index (χ0) is 14.4. The molecule has 2 N–H and O–H groups in total. The Bertz CT molecular complexity index is 385. The zero-order valence-electron chi connectivity index (χ0n) is 13.0.